The van der Waals surface area contributed by atoms with Crippen molar-refractivity contribution in [3.63, 3.8) is 0 Å². The third-order valence-corrected chi connectivity index (χ3v) is 7.58. The van der Waals surface area contributed by atoms with Gasteiger partial charge in [-0.3, -0.25) is 14.3 Å². The average Bonchev–Trinajstić information content (AvgIpc) is 3.38. The molecule has 0 radical (unpaired) electrons. The van der Waals surface area contributed by atoms with Crippen LogP contribution in [-0.4, -0.2) is 37.6 Å². The molecule has 0 saturated heterocycles. The number of carbonyl (C=O) groups excluding carboxylic acids is 2. The van der Waals surface area contributed by atoms with Gasteiger partial charge in [-0.1, -0.05) is 30.7 Å². The molecule has 1 aliphatic heterocycles. The first-order chi connectivity index (χ1) is 21.1. The molecule has 4 aromatic rings. The fourth-order valence-corrected chi connectivity index (χ4v) is 5.25. The Labute approximate surface area is 252 Å². The van der Waals surface area contributed by atoms with Crippen LogP contribution in [0.15, 0.2) is 60.9 Å². The van der Waals surface area contributed by atoms with Gasteiger partial charge in [-0.25, -0.2) is 9.97 Å². The first kappa shape index (κ1) is 30.7. The zero-order valence-corrected chi connectivity index (χ0v) is 24.3. The number of anilines is 2. The Bertz CT molecular complexity index is 1680. The van der Waals surface area contributed by atoms with E-state index in [0.29, 0.717) is 48.3 Å². The highest BCUT2D eigenvalue weighted by atomic mass is 19.4. The Morgan fingerprint density at radius 2 is 1.89 bits per heavy atom. The Kier molecular flexibility index (Phi) is 9.26. The Hall–Kier alpha value is -4.74. The minimum atomic E-state index is -4.55. The Balaban J connectivity index is 1.45. The second-order valence-corrected chi connectivity index (χ2v) is 11.0. The van der Waals surface area contributed by atoms with Gasteiger partial charge >= 0.3 is 6.18 Å². The fourth-order valence-electron chi connectivity index (χ4n) is 5.25. The zero-order valence-electron chi connectivity index (χ0n) is 24.3. The van der Waals surface area contributed by atoms with E-state index >= 15 is 0 Å². The number of nitrogens with zero attached hydrogens (tertiary/aromatic N) is 4. The molecule has 1 atom stereocenters. The Morgan fingerprint density at radius 3 is 2.66 bits per heavy atom. The predicted octanol–water partition coefficient (Wildman–Crippen LogP) is 6.30. The van der Waals surface area contributed by atoms with Crippen LogP contribution in [0.2, 0.25) is 0 Å². The predicted molar refractivity (Wildman–Crippen MR) is 163 cm³/mol. The van der Waals surface area contributed by atoms with Crippen molar-refractivity contribution in [2.24, 2.45) is 0 Å². The van der Waals surface area contributed by atoms with Gasteiger partial charge in [0.1, 0.15) is 17.3 Å². The van der Waals surface area contributed by atoms with E-state index in [1.165, 1.54) is 0 Å². The molecule has 0 spiro atoms. The molecule has 4 N–H and O–H groups in total. The van der Waals surface area contributed by atoms with E-state index in [2.05, 4.69) is 32.8 Å². The van der Waals surface area contributed by atoms with Crippen molar-refractivity contribution in [2.45, 2.75) is 70.6 Å². The van der Waals surface area contributed by atoms with Crippen molar-refractivity contribution in [1.82, 2.24) is 25.1 Å². The van der Waals surface area contributed by atoms with Crippen LogP contribution in [0.3, 0.4) is 0 Å². The SMILES string of the molecule is C[C@@H]1CCn2nc(-c3ccc(C(=O)Nc4cc(C(F)(F)F)ccn4)cc3)c3c(N)ncc(c32)CC=CCCCCCC(=O)N1. The number of halogens is 3. The van der Waals surface area contributed by atoms with E-state index in [0.717, 1.165) is 55.1 Å². The number of hydrogen-bond donors (Lipinski definition) is 3. The molecule has 1 aliphatic rings. The van der Waals surface area contributed by atoms with Crippen molar-refractivity contribution in [2.75, 3.05) is 11.1 Å². The molecule has 2 amide bonds. The van der Waals surface area contributed by atoms with Crippen molar-refractivity contribution >= 4 is 34.4 Å². The van der Waals surface area contributed by atoms with Crippen molar-refractivity contribution < 1.29 is 22.8 Å². The van der Waals surface area contributed by atoms with Gasteiger partial charge in [-0.15, -0.1) is 0 Å². The number of allylic oxidation sites excluding steroid dienone is 2. The standard InChI is InChI=1S/C32H34F3N7O2/c1-20-15-17-42-29-23(8-6-4-2-3-5-7-9-26(43)39-20)19-38-30(36)27(29)28(41-42)21-10-12-22(13-11-21)31(44)40-25-18-24(14-16-37-25)32(33,34)35/h4,6,10-14,16,18-20H,2-3,5,7-9,15,17H2,1H3,(H2,36,38)(H,39,43)(H,37,40,44)/t20-/m1/s1. The third-order valence-electron chi connectivity index (χ3n) is 7.58. The number of amides is 2. The summed E-state index contributed by atoms with van der Waals surface area (Å²) in [7, 11) is 0. The molecule has 44 heavy (non-hydrogen) atoms. The van der Waals surface area contributed by atoms with Crippen LogP contribution in [0.25, 0.3) is 22.2 Å². The number of alkyl halides is 3. The molecule has 230 valence electrons. The number of carbonyl (C=O) groups is 2. The number of aryl methyl sites for hydroxylation is 1. The first-order valence-electron chi connectivity index (χ1n) is 14.6. The van der Waals surface area contributed by atoms with E-state index in [9.17, 15) is 22.8 Å². The molecule has 4 heterocycles. The van der Waals surface area contributed by atoms with Crippen LogP contribution in [0.5, 0.6) is 0 Å². The lowest BCUT2D eigenvalue weighted by atomic mass is 10.0. The lowest BCUT2D eigenvalue weighted by Crippen LogP contribution is -2.33. The van der Waals surface area contributed by atoms with Gasteiger partial charge in [0.15, 0.2) is 0 Å². The van der Waals surface area contributed by atoms with E-state index < -0.39 is 17.6 Å². The summed E-state index contributed by atoms with van der Waals surface area (Å²) in [5.74, 6) is -0.435. The molecular formula is C32H34F3N7O2. The summed E-state index contributed by atoms with van der Waals surface area (Å²) in [4.78, 5) is 33.5. The number of pyridine rings is 2. The highest BCUT2D eigenvalue weighted by Crippen LogP contribution is 2.34. The maximum absolute atomic E-state index is 13.1. The van der Waals surface area contributed by atoms with Crippen molar-refractivity contribution in [3.8, 4) is 11.3 Å². The third kappa shape index (κ3) is 7.24. The lowest BCUT2D eigenvalue weighted by Gasteiger charge is -2.15. The van der Waals surface area contributed by atoms with Gasteiger partial charge in [0.2, 0.25) is 5.91 Å². The maximum atomic E-state index is 13.1. The van der Waals surface area contributed by atoms with Crippen LogP contribution in [0, 0.1) is 0 Å². The van der Waals surface area contributed by atoms with Gasteiger partial charge in [0.05, 0.1) is 16.5 Å². The highest BCUT2D eigenvalue weighted by Gasteiger charge is 2.31. The summed E-state index contributed by atoms with van der Waals surface area (Å²) in [6, 6.07) is 8.14. The topological polar surface area (TPSA) is 128 Å². The molecule has 9 nitrogen and oxygen atoms in total. The first-order valence-corrected chi connectivity index (χ1v) is 14.6. The highest BCUT2D eigenvalue weighted by molar-refractivity contribution is 6.05. The molecular weight excluding hydrogens is 571 g/mol. The number of hydrogen-bond acceptors (Lipinski definition) is 6. The molecule has 5 rings (SSSR count). The summed E-state index contributed by atoms with van der Waals surface area (Å²) < 4.78 is 41.1. The van der Waals surface area contributed by atoms with Gasteiger partial charge in [0.25, 0.3) is 5.91 Å². The number of rotatable bonds is 3. The smallest absolute Gasteiger partial charge is 0.383 e. The monoisotopic (exact) mass is 605 g/mol. The van der Waals surface area contributed by atoms with Crippen LogP contribution in [0.4, 0.5) is 24.8 Å². The molecule has 0 bridgehead atoms. The van der Waals surface area contributed by atoms with Crippen molar-refractivity contribution in [1.29, 1.82) is 0 Å². The maximum Gasteiger partial charge on any atom is 0.416 e. The summed E-state index contributed by atoms with van der Waals surface area (Å²) >= 11 is 0. The van der Waals surface area contributed by atoms with Crippen LogP contribution < -0.4 is 16.4 Å². The van der Waals surface area contributed by atoms with Gasteiger partial charge in [0, 0.05) is 48.1 Å². The Morgan fingerprint density at radius 1 is 1.09 bits per heavy atom. The quantitative estimate of drug-likeness (QED) is 0.235. The zero-order chi connectivity index (χ0) is 31.3. The molecule has 0 fully saturated rings. The number of benzene rings is 1. The van der Waals surface area contributed by atoms with E-state index in [4.69, 9.17) is 10.8 Å². The lowest BCUT2D eigenvalue weighted by molar-refractivity contribution is -0.137. The van der Waals surface area contributed by atoms with E-state index in [-0.39, 0.29) is 23.3 Å². The number of aromatic nitrogens is 4. The number of nitrogens with one attached hydrogen (secondary N) is 2. The minimum absolute atomic E-state index is 0.0493. The van der Waals surface area contributed by atoms with Crippen LogP contribution in [0.1, 0.15) is 66.9 Å². The largest absolute Gasteiger partial charge is 0.416 e. The minimum Gasteiger partial charge on any atom is -0.383 e. The normalized spacial score (nSPS) is 16.9. The van der Waals surface area contributed by atoms with Gasteiger partial charge in [-0.05, 0) is 63.3 Å². The van der Waals surface area contributed by atoms with Crippen LogP contribution in [-0.2, 0) is 23.9 Å². The van der Waals surface area contributed by atoms with Crippen LogP contribution >= 0.6 is 0 Å². The molecule has 0 aliphatic carbocycles. The van der Waals surface area contributed by atoms with Crippen molar-refractivity contribution in [3.05, 3.63) is 77.6 Å². The molecule has 12 heteroatoms. The second kappa shape index (κ2) is 13.3. The van der Waals surface area contributed by atoms with Gasteiger partial charge < -0.3 is 16.4 Å². The summed E-state index contributed by atoms with van der Waals surface area (Å²) in [5, 5.41) is 11.1. The molecule has 1 aromatic carbocycles. The second-order valence-electron chi connectivity index (χ2n) is 11.0. The summed E-state index contributed by atoms with van der Waals surface area (Å²) in [6.07, 6.45) is 8.12. The molecule has 3 aromatic heterocycles. The summed E-state index contributed by atoms with van der Waals surface area (Å²) in [6.45, 7) is 2.51. The average molecular weight is 606 g/mol. The molecule has 0 saturated carbocycles. The van der Waals surface area contributed by atoms with E-state index in [1.54, 1.807) is 30.5 Å². The number of nitrogens with two attached hydrogens (primary N) is 1. The molecule has 0 unspecified atom stereocenters. The summed E-state index contributed by atoms with van der Waals surface area (Å²) in [5.41, 5.74) is 8.86. The van der Waals surface area contributed by atoms with Gasteiger partial charge in [-0.2, -0.15) is 18.3 Å². The fraction of sp³-hybridized carbons (Fsp3) is 0.344. The van der Waals surface area contributed by atoms with E-state index in [1.807, 2.05) is 11.6 Å². The number of nitrogen functional groups attached to an aromatic ring is 1.